The molecule has 3 rings (SSSR count). The van der Waals surface area contributed by atoms with Gasteiger partial charge < -0.3 is 10.2 Å². The van der Waals surface area contributed by atoms with Crippen LogP contribution in [0.1, 0.15) is 10.6 Å². The zero-order chi connectivity index (χ0) is 18.5. The van der Waals surface area contributed by atoms with E-state index in [2.05, 4.69) is 31.4 Å². The molecule has 0 atom stereocenters. The molecule has 0 unspecified atom stereocenters. The summed E-state index contributed by atoms with van der Waals surface area (Å²) >= 11 is 4.82. The lowest BCUT2D eigenvalue weighted by atomic mass is 10.2. The molecule has 0 fully saturated rings. The first-order valence-electron chi connectivity index (χ1n) is 7.83. The molecule has 0 radical (unpaired) electrons. The first-order valence-corrected chi connectivity index (χ1v) is 9.44. The molecule has 134 valence electrons. The molecule has 0 aliphatic rings. The molecule has 0 aliphatic heterocycles. The van der Waals surface area contributed by atoms with Gasteiger partial charge in [-0.05, 0) is 45.8 Å². The van der Waals surface area contributed by atoms with E-state index < -0.39 is 0 Å². The number of halogens is 2. The molecule has 0 aliphatic carbocycles. The van der Waals surface area contributed by atoms with Gasteiger partial charge in [0.2, 0.25) is 11.0 Å². The molecule has 1 aromatic heterocycles. The zero-order valence-corrected chi connectivity index (χ0v) is 16.3. The van der Waals surface area contributed by atoms with Crippen molar-refractivity contribution in [1.82, 2.24) is 10.2 Å². The summed E-state index contributed by atoms with van der Waals surface area (Å²) in [5.41, 5.74) is 1.68. The first kappa shape index (κ1) is 18.5. The smallest absolute Gasteiger partial charge is 0.243 e. The number of rotatable bonds is 6. The Bertz CT molecular complexity index is 900. The highest BCUT2D eigenvalue weighted by Gasteiger charge is 2.13. The van der Waals surface area contributed by atoms with Gasteiger partial charge in [0.05, 0.1) is 12.2 Å². The number of para-hydroxylation sites is 1. The minimum atomic E-state index is -0.262. The van der Waals surface area contributed by atoms with Gasteiger partial charge in [0.25, 0.3) is 0 Å². The Morgan fingerprint density at radius 2 is 1.92 bits per heavy atom. The van der Waals surface area contributed by atoms with Crippen molar-refractivity contribution in [3.63, 3.8) is 0 Å². The van der Waals surface area contributed by atoms with E-state index >= 15 is 0 Å². The van der Waals surface area contributed by atoms with Crippen molar-refractivity contribution < 1.29 is 9.18 Å². The summed E-state index contributed by atoms with van der Waals surface area (Å²) in [7, 11) is 1.79. The maximum Gasteiger partial charge on any atom is 0.243 e. The van der Waals surface area contributed by atoms with Crippen LogP contribution in [0.5, 0.6) is 0 Å². The standard InChI is InChI=1S/C18H16BrFN4OS/c1-24(11-16(25)21-15-5-3-2-4-14(15)19)18-23-22-17(26-18)10-12-6-8-13(20)9-7-12/h2-9H,10-11H2,1H3,(H,21,25). The SMILES string of the molecule is CN(CC(=O)Nc1ccccc1Br)c1nnc(Cc2ccc(F)cc2)s1. The average molecular weight is 435 g/mol. The third kappa shape index (κ3) is 4.86. The van der Waals surface area contributed by atoms with Crippen molar-refractivity contribution in [2.24, 2.45) is 0 Å². The van der Waals surface area contributed by atoms with E-state index in [1.54, 1.807) is 24.1 Å². The lowest BCUT2D eigenvalue weighted by Crippen LogP contribution is -2.30. The molecule has 26 heavy (non-hydrogen) atoms. The second-order valence-corrected chi connectivity index (χ2v) is 7.56. The van der Waals surface area contributed by atoms with Crippen LogP contribution in [0, 0.1) is 5.82 Å². The molecular weight excluding hydrogens is 419 g/mol. The van der Waals surface area contributed by atoms with E-state index in [0.717, 1.165) is 20.7 Å². The molecule has 0 saturated carbocycles. The van der Waals surface area contributed by atoms with Gasteiger partial charge in [-0.3, -0.25) is 4.79 Å². The quantitative estimate of drug-likeness (QED) is 0.634. The number of carbonyl (C=O) groups excluding carboxylic acids is 1. The van der Waals surface area contributed by atoms with Crippen molar-refractivity contribution >= 4 is 44.0 Å². The van der Waals surface area contributed by atoms with E-state index in [-0.39, 0.29) is 18.3 Å². The normalized spacial score (nSPS) is 10.6. The van der Waals surface area contributed by atoms with E-state index in [1.165, 1.54) is 23.5 Å². The van der Waals surface area contributed by atoms with Gasteiger partial charge in [0.1, 0.15) is 10.8 Å². The highest BCUT2D eigenvalue weighted by atomic mass is 79.9. The van der Waals surface area contributed by atoms with Crippen LogP contribution < -0.4 is 10.2 Å². The zero-order valence-electron chi connectivity index (χ0n) is 13.9. The van der Waals surface area contributed by atoms with E-state index in [1.807, 2.05) is 24.3 Å². The number of hydrogen-bond acceptors (Lipinski definition) is 5. The van der Waals surface area contributed by atoms with E-state index in [4.69, 9.17) is 0 Å². The van der Waals surface area contributed by atoms with Gasteiger partial charge in [0.15, 0.2) is 0 Å². The van der Waals surface area contributed by atoms with Crippen LogP contribution in [0.2, 0.25) is 0 Å². The predicted octanol–water partition coefficient (Wildman–Crippen LogP) is 4.11. The van der Waals surface area contributed by atoms with E-state index in [9.17, 15) is 9.18 Å². The van der Waals surface area contributed by atoms with Crippen molar-refractivity contribution in [2.75, 3.05) is 23.8 Å². The van der Waals surface area contributed by atoms with Crippen molar-refractivity contribution in [3.05, 3.63) is 69.4 Å². The van der Waals surface area contributed by atoms with Crippen LogP contribution in [0.15, 0.2) is 53.0 Å². The van der Waals surface area contributed by atoms with Crippen LogP contribution in [-0.2, 0) is 11.2 Å². The van der Waals surface area contributed by atoms with Crippen LogP contribution >= 0.6 is 27.3 Å². The Balaban J connectivity index is 1.59. The van der Waals surface area contributed by atoms with Gasteiger partial charge in [-0.1, -0.05) is 35.6 Å². The minimum Gasteiger partial charge on any atom is -0.340 e. The van der Waals surface area contributed by atoms with Crippen LogP contribution in [0.4, 0.5) is 15.2 Å². The Morgan fingerprint density at radius 1 is 1.19 bits per heavy atom. The fourth-order valence-corrected chi connectivity index (χ4v) is 3.50. The summed E-state index contributed by atoms with van der Waals surface area (Å²) in [5.74, 6) is -0.405. The largest absolute Gasteiger partial charge is 0.340 e. The first-order chi connectivity index (χ1) is 12.5. The fraction of sp³-hybridized carbons (Fsp3) is 0.167. The number of anilines is 2. The fourth-order valence-electron chi connectivity index (χ4n) is 2.28. The number of aromatic nitrogens is 2. The number of amides is 1. The number of hydrogen-bond donors (Lipinski definition) is 1. The Labute approximate surface area is 163 Å². The molecule has 1 heterocycles. The van der Waals surface area contributed by atoms with Gasteiger partial charge in [-0.2, -0.15) is 0 Å². The lowest BCUT2D eigenvalue weighted by molar-refractivity contribution is -0.114. The third-order valence-electron chi connectivity index (χ3n) is 3.58. The average Bonchev–Trinajstić information content (AvgIpc) is 3.08. The number of benzene rings is 2. The number of likely N-dealkylation sites (N-methyl/N-ethyl adjacent to an activating group) is 1. The van der Waals surface area contributed by atoms with Crippen LogP contribution in [-0.4, -0.2) is 29.7 Å². The Hall–Kier alpha value is -2.32. The van der Waals surface area contributed by atoms with Crippen molar-refractivity contribution in [1.29, 1.82) is 0 Å². The molecule has 2 aromatic carbocycles. The van der Waals surface area contributed by atoms with Gasteiger partial charge in [-0.15, -0.1) is 10.2 Å². The lowest BCUT2D eigenvalue weighted by Gasteiger charge is -2.15. The van der Waals surface area contributed by atoms with Crippen LogP contribution in [0.3, 0.4) is 0 Å². The monoisotopic (exact) mass is 434 g/mol. The number of nitrogens with zero attached hydrogens (tertiary/aromatic N) is 3. The molecule has 1 N–H and O–H groups in total. The van der Waals surface area contributed by atoms with Crippen LogP contribution in [0.25, 0.3) is 0 Å². The van der Waals surface area contributed by atoms with Gasteiger partial charge in [-0.25, -0.2) is 4.39 Å². The second-order valence-electron chi connectivity index (χ2n) is 5.67. The minimum absolute atomic E-state index is 0.144. The topological polar surface area (TPSA) is 58.1 Å². The molecule has 3 aromatic rings. The maximum absolute atomic E-state index is 13.0. The summed E-state index contributed by atoms with van der Waals surface area (Å²) in [6, 6.07) is 13.7. The van der Waals surface area contributed by atoms with Crippen molar-refractivity contribution in [2.45, 2.75) is 6.42 Å². The number of carbonyl (C=O) groups is 1. The third-order valence-corrected chi connectivity index (χ3v) is 5.31. The predicted molar refractivity (Wildman–Crippen MR) is 105 cm³/mol. The van der Waals surface area contributed by atoms with Gasteiger partial charge >= 0.3 is 0 Å². The molecule has 0 spiro atoms. The highest BCUT2D eigenvalue weighted by Crippen LogP contribution is 2.23. The number of nitrogens with one attached hydrogen (secondary N) is 1. The molecule has 0 bridgehead atoms. The highest BCUT2D eigenvalue weighted by molar-refractivity contribution is 9.10. The molecule has 0 saturated heterocycles. The maximum atomic E-state index is 13.0. The molecule has 1 amide bonds. The Morgan fingerprint density at radius 3 is 2.65 bits per heavy atom. The molecule has 8 heteroatoms. The summed E-state index contributed by atoms with van der Waals surface area (Å²) in [6.07, 6.45) is 0.578. The Kier molecular flexibility index (Phi) is 5.95. The summed E-state index contributed by atoms with van der Waals surface area (Å²) in [4.78, 5) is 14.0. The molecule has 5 nitrogen and oxygen atoms in total. The summed E-state index contributed by atoms with van der Waals surface area (Å²) in [6.45, 7) is 0.159. The molecular formula is C18H16BrFN4OS. The summed E-state index contributed by atoms with van der Waals surface area (Å²) in [5, 5.41) is 12.6. The second kappa shape index (κ2) is 8.37. The summed E-state index contributed by atoms with van der Waals surface area (Å²) < 4.78 is 13.8. The van der Waals surface area contributed by atoms with E-state index in [0.29, 0.717) is 11.6 Å². The van der Waals surface area contributed by atoms with Crippen molar-refractivity contribution in [3.8, 4) is 0 Å². The van der Waals surface area contributed by atoms with Gasteiger partial charge in [0, 0.05) is 17.9 Å².